The lowest BCUT2D eigenvalue weighted by Crippen LogP contribution is -2.05. The van der Waals surface area contributed by atoms with Gasteiger partial charge in [0.2, 0.25) is 0 Å². The van der Waals surface area contributed by atoms with Crippen molar-refractivity contribution in [1.29, 1.82) is 0 Å². The molecule has 2 N–H and O–H groups in total. The van der Waals surface area contributed by atoms with Crippen molar-refractivity contribution < 1.29 is 27.9 Å². The van der Waals surface area contributed by atoms with Crippen LogP contribution in [0.25, 0.3) is 0 Å². The van der Waals surface area contributed by atoms with E-state index in [0.717, 1.165) is 37.7 Å². The molecular formula is C18H35O6PS. The van der Waals surface area contributed by atoms with Crippen LogP contribution >= 0.6 is 19.9 Å². The molecule has 0 rings (SSSR count). The van der Waals surface area contributed by atoms with Crippen molar-refractivity contribution in [1.82, 2.24) is 0 Å². The van der Waals surface area contributed by atoms with Crippen LogP contribution in [0.5, 0.6) is 0 Å². The predicted molar refractivity (Wildman–Crippen MR) is 107 cm³/mol. The third-order valence-electron chi connectivity index (χ3n) is 3.85. The molecule has 0 spiro atoms. The molecule has 0 saturated carbocycles. The van der Waals surface area contributed by atoms with Gasteiger partial charge in [-0.05, 0) is 19.8 Å². The molecule has 154 valence electrons. The molecule has 8 heteroatoms. The molecule has 0 bridgehead atoms. The Morgan fingerprint density at radius 2 is 1.31 bits per heavy atom. The summed E-state index contributed by atoms with van der Waals surface area (Å²) in [6.07, 6.45) is 13.9. The van der Waals surface area contributed by atoms with Crippen molar-refractivity contribution in [3.8, 4) is 0 Å². The fourth-order valence-corrected chi connectivity index (χ4v) is 3.59. The summed E-state index contributed by atoms with van der Waals surface area (Å²) >= 11 is 0.856. The van der Waals surface area contributed by atoms with Gasteiger partial charge < -0.3 is 14.5 Å². The molecule has 0 aliphatic rings. The van der Waals surface area contributed by atoms with E-state index >= 15 is 0 Å². The molecule has 0 unspecified atom stereocenters. The van der Waals surface area contributed by atoms with Crippen molar-refractivity contribution in [2.24, 2.45) is 0 Å². The first-order valence-corrected chi connectivity index (χ1v) is 12.0. The minimum atomic E-state index is -4.32. The van der Waals surface area contributed by atoms with Gasteiger partial charge >= 0.3 is 13.8 Å². The number of rotatable bonds is 18. The van der Waals surface area contributed by atoms with Crippen molar-refractivity contribution in [2.75, 3.05) is 12.4 Å². The van der Waals surface area contributed by atoms with Crippen LogP contribution in [0.4, 0.5) is 0 Å². The number of carbonyl (C=O) groups excluding carboxylic acids is 1. The Balaban J connectivity index is 3.12. The Bertz CT molecular complexity index is 424. The number of unbranched alkanes of at least 4 members (excludes halogenated alkanes) is 11. The molecule has 0 heterocycles. The van der Waals surface area contributed by atoms with E-state index in [4.69, 9.17) is 14.5 Å². The highest BCUT2D eigenvalue weighted by Gasteiger charge is 2.13. The van der Waals surface area contributed by atoms with Gasteiger partial charge in [-0.2, -0.15) is 0 Å². The largest absolute Gasteiger partial charge is 0.480 e. The van der Waals surface area contributed by atoms with Crippen LogP contribution in [0.2, 0.25) is 0 Å². The summed E-state index contributed by atoms with van der Waals surface area (Å²) in [4.78, 5) is 28.2. The van der Waals surface area contributed by atoms with Crippen molar-refractivity contribution >= 4 is 25.8 Å². The number of ether oxygens (including phenoxy) is 1. The maximum absolute atomic E-state index is 11.2. The summed E-state index contributed by atoms with van der Waals surface area (Å²) < 4.78 is 19.8. The molecule has 0 fully saturated rings. The maximum atomic E-state index is 11.2. The number of carbonyl (C=O) groups is 1. The van der Waals surface area contributed by atoms with E-state index in [1.807, 2.05) is 0 Å². The molecule has 0 aliphatic carbocycles. The minimum Gasteiger partial charge on any atom is -0.462 e. The second kappa shape index (κ2) is 16.8. The normalized spacial score (nSPS) is 11.5. The molecule has 0 saturated heterocycles. The fourth-order valence-electron chi connectivity index (χ4n) is 2.42. The van der Waals surface area contributed by atoms with E-state index in [-0.39, 0.29) is 5.97 Å². The molecule has 0 atom stereocenters. The molecule has 0 aromatic rings. The van der Waals surface area contributed by atoms with E-state index in [2.05, 4.69) is 10.5 Å². The standard InChI is InChI=1S/C18H35O6PS/c1-17(2)18(19)23-15-13-11-9-7-5-3-4-6-8-10-12-14-16-26-24-25(20,21)22/h1,3-16H2,2H3,(H2,20,21,22). The minimum absolute atomic E-state index is 0.293. The van der Waals surface area contributed by atoms with Gasteiger partial charge in [0.15, 0.2) is 0 Å². The molecule has 6 nitrogen and oxygen atoms in total. The zero-order valence-electron chi connectivity index (χ0n) is 16.0. The lowest BCUT2D eigenvalue weighted by molar-refractivity contribution is -0.139. The summed E-state index contributed by atoms with van der Waals surface area (Å²) in [5.41, 5.74) is 0.456. The number of esters is 1. The van der Waals surface area contributed by atoms with Crippen LogP contribution in [0, 0.1) is 0 Å². The molecule has 0 aromatic carbocycles. The number of phosphoric acid groups is 1. The SMILES string of the molecule is C=C(C)C(=O)OCCCCCCCCCCCCCCSOP(=O)(O)O. The molecule has 0 radical (unpaired) electrons. The van der Waals surface area contributed by atoms with E-state index in [9.17, 15) is 9.36 Å². The van der Waals surface area contributed by atoms with E-state index < -0.39 is 7.82 Å². The maximum Gasteiger partial charge on any atom is 0.480 e. The molecule has 0 aliphatic heterocycles. The Labute approximate surface area is 162 Å². The van der Waals surface area contributed by atoms with Gasteiger partial charge in [-0.25, -0.2) is 13.3 Å². The summed E-state index contributed by atoms with van der Waals surface area (Å²) in [7, 11) is -4.32. The average Bonchev–Trinajstić information content (AvgIpc) is 2.56. The molecule has 0 amide bonds. The molecule has 0 aromatic heterocycles. The van der Waals surface area contributed by atoms with Gasteiger partial charge in [0.05, 0.1) is 6.61 Å². The van der Waals surface area contributed by atoms with Gasteiger partial charge in [-0.1, -0.05) is 70.8 Å². The van der Waals surface area contributed by atoms with Gasteiger partial charge in [0.25, 0.3) is 0 Å². The first kappa shape index (κ1) is 25.7. The van der Waals surface area contributed by atoms with Crippen molar-refractivity contribution in [2.45, 2.75) is 84.0 Å². The highest BCUT2D eigenvalue weighted by atomic mass is 32.2. The van der Waals surface area contributed by atoms with Crippen molar-refractivity contribution in [3.05, 3.63) is 12.2 Å². The van der Waals surface area contributed by atoms with E-state index in [0.29, 0.717) is 17.9 Å². The van der Waals surface area contributed by atoms with Gasteiger partial charge in [0.1, 0.15) is 0 Å². The Morgan fingerprint density at radius 3 is 1.73 bits per heavy atom. The fraction of sp³-hybridized carbons (Fsp3) is 0.833. The highest BCUT2D eigenvalue weighted by Crippen LogP contribution is 2.41. The van der Waals surface area contributed by atoms with Crippen LogP contribution in [0.3, 0.4) is 0 Å². The van der Waals surface area contributed by atoms with Gasteiger partial charge in [-0.15, -0.1) is 0 Å². The third-order valence-corrected chi connectivity index (χ3v) is 5.51. The second-order valence-electron chi connectivity index (χ2n) is 6.55. The lowest BCUT2D eigenvalue weighted by Gasteiger charge is -2.05. The van der Waals surface area contributed by atoms with Crippen molar-refractivity contribution in [3.63, 3.8) is 0 Å². The van der Waals surface area contributed by atoms with Crippen LogP contribution in [-0.2, 0) is 18.1 Å². The monoisotopic (exact) mass is 410 g/mol. The smallest absolute Gasteiger partial charge is 0.462 e. The van der Waals surface area contributed by atoms with Gasteiger partial charge in [-0.3, -0.25) is 0 Å². The summed E-state index contributed by atoms with van der Waals surface area (Å²) in [6, 6.07) is 0. The van der Waals surface area contributed by atoms with Crippen LogP contribution in [0.1, 0.15) is 84.0 Å². The molecular weight excluding hydrogens is 375 g/mol. The topological polar surface area (TPSA) is 93.1 Å². The summed E-state index contributed by atoms with van der Waals surface area (Å²) in [5, 5.41) is 0. The third kappa shape index (κ3) is 20.0. The van der Waals surface area contributed by atoms with Crippen LogP contribution in [0.15, 0.2) is 12.2 Å². The van der Waals surface area contributed by atoms with Crippen LogP contribution in [-0.4, -0.2) is 28.1 Å². The highest BCUT2D eigenvalue weighted by molar-refractivity contribution is 7.97. The second-order valence-corrected chi connectivity index (χ2v) is 8.77. The Kier molecular flexibility index (Phi) is 16.6. The summed E-state index contributed by atoms with van der Waals surface area (Å²) in [6.45, 7) is 5.70. The van der Waals surface area contributed by atoms with E-state index in [1.54, 1.807) is 6.92 Å². The average molecular weight is 411 g/mol. The zero-order valence-corrected chi connectivity index (χ0v) is 17.7. The quantitative estimate of drug-likeness (QED) is 0.101. The zero-order chi connectivity index (χ0) is 19.7. The predicted octanol–water partition coefficient (Wildman–Crippen LogP) is 5.54. The number of hydrogen-bond acceptors (Lipinski definition) is 5. The van der Waals surface area contributed by atoms with Gasteiger partial charge in [0, 0.05) is 23.4 Å². The summed E-state index contributed by atoms with van der Waals surface area (Å²) in [5.74, 6) is 0.329. The number of hydrogen-bond donors (Lipinski definition) is 2. The van der Waals surface area contributed by atoms with E-state index in [1.165, 1.54) is 51.4 Å². The molecule has 26 heavy (non-hydrogen) atoms. The Hall–Kier alpha value is -0.330. The first-order chi connectivity index (χ1) is 12.3. The van der Waals surface area contributed by atoms with Crippen LogP contribution < -0.4 is 0 Å². The lowest BCUT2D eigenvalue weighted by atomic mass is 10.1. The Morgan fingerprint density at radius 1 is 0.885 bits per heavy atom. The first-order valence-electron chi connectivity index (χ1n) is 9.52.